The van der Waals surface area contributed by atoms with E-state index in [0.717, 1.165) is 0 Å². The third-order valence-electron chi connectivity index (χ3n) is 2.48. The Morgan fingerprint density at radius 1 is 1.24 bits per heavy atom. The Bertz CT molecular complexity index is 423. The summed E-state index contributed by atoms with van der Waals surface area (Å²) in [5.41, 5.74) is -0.133. The highest BCUT2D eigenvalue weighted by Crippen LogP contribution is 2.25. The van der Waals surface area contributed by atoms with Crippen molar-refractivity contribution < 1.29 is 13.2 Å². The van der Waals surface area contributed by atoms with Crippen molar-refractivity contribution in [3.05, 3.63) is 35.1 Å². The third kappa shape index (κ3) is 3.50. The van der Waals surface area contributed by atoms with E-state index in [2.05, 4.69) is 17.2 Å². The van der Waals surface area contributed by atoms with Gasteiger partial charge in [-0.15, -0.1) is 11.8 Å². The zero-order chi connectivity index (χ0) is 12.8. The molecule has 0 amide bonds. The van der Waals surface area contributed by atoms with E-state index in [0.29, 0.717) is 25.0 Å². The minimum atomic E-state index is -0.910. The van der Waals surface area contributed by atoms with Gasteiger partial charge in [0.1, 0.15) is 17.5 Å². The van der Waals surface area contributed by atoms with Crippen LogP contribution in [-0.4, -0.2) is 7.05 Å². The number of hydrogen-bond donors (Lipinski definition) is 1. The molecule has 4 heteroatoms. The van der Waals surface area contributed by atoms with Gasteiger partial charge in [0, 0.05) is 30.2 Å². The van der Waals surface area contributed by atoms with Crippen molar-refractivity contribution in [2.75, 3.05) is 7.05 Å². The predicted molar refractivity (Wildman–Crippen MR) is 60.8 cm³/mol. The molecule has 0 aliphatic heterocycles. The van der Waals surface area contributed by atoms with E-state index in [-0.39, 0.29) is 5.56 Å². The highest BCUT2D eigenvalue weighted by Gasteiger charge is 2.19. The molecule has 1 rings (SSSR count). The molecule has 0 fully saturated rings. The van der Waals surface area contributed by atoms with E-state index in [4.69, 9.17) is 0 Å². The smallest absolute Gasteiger partial charge is 0.133 e. The van der Waals surface area contributed by atoms with Gasteiger partial charge in [-0.3, -0.25) is 0 Å². The molecule has 1 aromatic carbocycles. The Morgan fingerprint density at radius 3 is 2.29 bits per heavy atom. The van der Waals surface area contributed by atoms with Crippen LogP contribution in [-0.2, 0) is 0 Å². The third-order valence-corrected chi connectivity index (χ3v) is 2.48. The quantitative estimate of drug-likeness (QED) is 0.798. The molecule has 0 aromatic heterocycles. The largest absolute Gasteiger partial charge is 0.313 e. The summed E-state index contributed by atoms with van der Waals surface area (Å²) >= 11 is 0. The van der Waals surface area contributed by atoms with Crippen LogP contribution in [0.15, 0.2) is 12.1 Å². The van der Waals surface area contributed by atoms with Crippen LogP contribution in [0.2, 0.25) is 0 Å². The average Bonchev–Trinajstić information content (AvgIpc) is 2.25. The fourth-order valence-corrected chi connectivity index (χ4v) is 1.66. The van der Waals surface area contributed by atoms with Gasteiger partial charge in [0.2, 0.25) is 0 Å². The fraction of sp³-hybridized carbons (Fsp3) is 0.385. The summed E-state index contributed by atoms with van der Waals surface area (Å²) in [4.78, 5) is 0. The summed E-state index contributed by atoms with van der Waals surface area (Å²) < 4.78 is 39.8. The Kier molecular flexibility index (Phi) is 5.05. The van der Waals surface area contributed by atoms with Crippen LogP contribution in [0.1, 0.15) is 31.4 Å². The zero-order valence-electron chi connectivity index (χ0n) is 9.78. The predicted octanol–water partition coefficient (Wildman–Crippen LogP) is 3.17. The van der Waals surface area contributed by atoms with Crippen LogP contribution in [0.25, 0.3) is 0 Å². The molecule has 0 radical (unpaired) electrons. The number of benzene rings is 1. The summed E-state index contributed by atoms with van der Waals surface area (Å²) in [6, 6.07) is 0.874. The molecule has 0 aliphatic carbocycles. The second-order valence-corrected chi connectivity index (χ2v) is 3.59. The van der Waals surface area contributed by atoms with E-state index in [1.54, 1.807) is 14.0 Å². The van der Waals surface area contributed by atoms with Gasteiger partial charge in [-0.1, -0.05) is 0 Å². The molecule has 1 N–H and O–H groups in total. The van der Waals surface area contributed by atoms with Crippen molar-refractivity contribution in [3.8, 4) is 11.8 Å². The first-order valence-corrected chi connectivity index (χ1v) is 5.31. The molecule has 1 atom stereocenters. The topological polar surface area (TPSA) is 12.0 Å². The van der Waals surface area contributed by atoms with Crippen molar-refractivity contribution >= 4 is 0 Å². The van der Waals surface area contributed by atoms with Crippen molar-refractivity contribution in [2.45, 2.75) is 25.8 Å². The van der Waals surface area contributed by atoms with Crippen molar-refractivity contribution in [1.29, 1.82) is 0 Å². The van der Waals surface area contributed by atoms with Gasteiger partial charge in [0.15, 0.2) is 0 Å². The van der Waals surface area contributed by atoms with Gasteiger partial charge in [0.25, 0.3) is 0 Å². The summed E-state index contributed by atoms with van der Waals surface area (Å²) in [5.74, 6) is 2.89. The second-order valence-electron chi connectivity index (χ2n) is 3.59. The summed E-state index contributed by atoms with van der Waals surface area (Å²) in [6.07, 6.45) is 0.995. The van der Waals surface area contributed by atoms with E-state index < -0.39 is 23.5 Å². The first-order valence-electron chi connectivity index (χ1n) is 5.31. The summed E-state index contributed by atoms with van der Waals surface area (Å²) in [5, 5.41) is 2.81. The Morgan fingerprint density at radius 2 is 1.82 bits per heavy atom. The molecule has 0 saturated heterocycles. The van der Waals surface area contributed by atoms with E-state index >= 15 is 0 Å². The molecule has 1 unspecified atom stereocenters. The molecular formula is C13H14F3N. The average molecular weight is 241 g/mol. The first kappa shape index (κ1) is 13.6. The van der Waals surface area contributed by atoms with Gasteiger partial charge >= 0.3 is 0 Å². The molecule has 17 heavy (non-hydrogen) atoms. The lowest BCUT2D eigenvalue weighted by atomic mass is 10.0. The zero-order valence-corrected chi connectivity index (χ0v) is 9.78. The maximum absolute atomic E-state index is 13.5. The highest BCUT2D eigenvalue weighted by molar-refractivity contribution is 5.24. The lowest BCUT2D eigenvalue weighted by Gasteiger charge is -2.17. The van der Waals surface area contributed by atoms with Crippen LogP contribution in [0, 0.1) is 29.3 Å². The van der Waals surface area contributed by atoms with Gasteiger partial charge in [-0.25, -0.2) is 13.2 Å². The molecule has 1 nitrogen and oxygen atoms in total. The molecule has 1 aromatic rings. The van der Waals surface area contributed by atoms with Crippen LogP contribution < -0.4 is 5.32 Å². The second kappa shape index (κ2) is 6.31. The van der Waals surface area contributed by atoms with Gasteiger partial charge in [0.05, 0.1) is 0 Å². The van der Waals surface area contributed by atoms with Crippen molar-refractivity contribution in [3.63, 3.8) is 0 Å². The lowest BCUT2D eigenvalue weighted by Crippen LogP contribution is -2.19. The molecule has 0 aliphatic rings. The molecule has 0 bridgehead atoms. The molecule has 0 spiro atoms. The number of rotatable bonds is 4. The van der Waals surface area contributed by atoms with E-state index in [1.807, 2.05) is 0 Å². The molecule has 0 heterocycles. The minimum absolute atomic E-state index is 0.133. The summed E-state index contributed by atoms with van der Waals surface area (Å²) in [7, 11) is 1.60. The maximum atomic E-state index is 13.5. The first-order chi connectivity index (χ1) is 8.10. The normalized spacial score (nSPS) is 11.8. The Balaban J connectivity index is 2.97. The van der Waals surface area contributed by atoms with Crippen molar-refractivity contribution in [1.82, 2.24) is 5.32 Å². The Labute approximate surface area is 99.0 Å². The molecular weight excluding hydrogens is 227 g/mol. The fourth-order valence-electron chi connectivity index (χ4n) is 1.66. The number of nitrogens with one attached hydrogen (secondary N) is 1. The van der Waals surface area contributed by atoms with Gasteiger partial charge in [-0.2, -0.15) is 0 Å². The number of halogens is 3. The highest BCUT2D eigenvalue weighted by atomic mass is 19.1. The number of hydrogen-bond acceptors (Lipinski definition) is 1. The maximum Gasteiger partial charge on any atom is 0.133 e. The van der Waals surface area contributed by atoms with Crippen LogP contribution in [0.5, 0.6) is 0 Å². The van der Waals surface area contributed by atoms with Crippen LogP contribution in [0.3, 0.4) is 0 Å². The summed E-state index contributed by atoms with van der Waals surface area (Å²) in [6.45, 7) is 1.70. The minimum Gasteiger partial charge on any atom is -0.313 e. The molecule has 0 saturated carbocycles. The lowest BCUT2D eigenvalue weighted by molar-refractivity contribution is 0.464. The van der Waals surface area contributed by atoms with Gasteiger partial charge in [-0.05, 0) is 20.4 Å². The Hall–Kier alpha value is -1.47. The van der Waals surface area contributed by atoms with Crippen molar-refractivity contribution in [2.24, 2.45) is 0 Å². The SMILES string of the molecule is CC#CCCC(NC)c1c(F)cc(F)cc1F. The van der Waals surface area contributed by atoms with Gasteiger partial charge < -0.3 is 5.32 Å². The standard InChI is InChI=1S/C13H14F3N/c1-3-4-5-6-12(17-2)13-10(15)7-9(14)8-11(13)16/h7-8,12,17H,5-6H2,1-2H3. The monoisotopic (exact) mass is 241 g/mol. The van der Waals surface area contributed by atoms with E-state index in [1.165, 1.54) is 0 Å². The van der Waals surface area contributed by atoms with E-state index in [9.17, 15) is 13.2 Å². The van der Waals surface area contributed by atoms with Crippen LogP contribution >= 0.6 is 0 Å². The molecule has 92 valence electrons. The van der Waals surface area contributed by atoms with Crippen LogP contribution in [0.4, 0.5) is 13.2 Å².